The van der Waals surface area contributed by atoms with Gasteiger partial charge in [-0.05, 0) is 11.4 Å². The van der Waals surface area contributed by atoms with Crippen LogP contribution in [0.25, 0.3) is 0 Å². The van der Waals surface area contributed by atoms with Crippen LogP contribution in [0.1, 0.15) is 4.88 Å². The van der Waals surface area contributed by atoms with Gasteiger partial charge in [-0.2, -0.15) is 8.42 Å². The monoisotopic (exact) mass is 267 g/mol. The van der Waals surface area contributed by atoms with Crippen molar-refractivity contribution in [1.29, 1.82) is 0 Å². The van der Waals surface area contributed by atoms with Gasteiger partial charge in [0.1, 0.15) is 0 Å². The van der Waals surface area contributed by atoms with E-state index < -0.39 is 10.4 Å². The number of nitrogens with zero attached hydrogens (tertiary/aromatic N) is 1. The maximum Gasteiger partial charge on any atom is 0.394 e. The molecule has 1 aromatic heterocycles. The second-order valence-corrected chi connectivity index (χ2v) is 4.51. The molecular formula is C7H13N3O4S2. The third-order valence-corrected chi connectivity index (χ3v) is 2.17. The lowest BCUT2D eigenvalue weighted by Crippen LogP contribution is -2.23. The Kier molecular flexibility index (Phi) is 6.65. The summed E-state index contributed by atoms with van der Waals surface area (Å²) >= 11 is 1.72. The van der Waals surface area contributed by atoms with Gasteiger partial charge in [-0.3, -0.25) is 14.1 Å². The molecule has 92 valence electrons. The van der Waals surface area contributed by atoms with Crippen LogP contribution in [-0.2, 0) is 16.8 Å². The number of nitrogens with two attached hydrogens (primary N) is 2. The summed E-state index contributed by atoms with van der Waals surface area (Å²) in [5.74, 6) is 0.168. The van der Waals surface area contributed by atoms with Crippen molar-refractivity contribution in [2.75, 3.05) is 6.54 Å². The van der Waals surface area contributed by atoms with Gasteiger partial charge in [0.15, 0.2) is 5.96 Å². The maximum absolute atomic E-state index is 8.74. The fourth-order valence-corrected chi connectivity index (χ4v) is 1.45. The van der Waals surface area contributed by atoms with E-state index in [0.29, 0.717) is 6.54 Å². The molecule has 0 radical (unpaired) electrons. The normalized spacial score (nSPS) is 10.1. The molecule has 0 spiro atoms. The number of rotatable bonds is 3. The SMILES string of the molecule is NC(N)=NCCc1cccs1.O=S(=O)(O)O. The summed E-state index contributed by atoms with van der Waals surface area (Å²) in [5.41, 5.74) is 10.3. The van der Waals surface area contributed by atoms with E-state index in [-0.39, 0.29) is 5.96 Å². The Morgan fingerprint density at radius 1 is 1.44 bits per heavy atom. The molecule has 9 heteroatoms. The Hall–Kier alpha value is -1.16. The van der Waals surface area contributed by atoms with Crippen molar-refractivity contribution in [1.82, 2.24) is 0 Å². The fraction of sp³-hybridized carbons (Fsp3) is 0.286. The van der Waals surface area contributed by atoms with Crippen molar-refractivity contribution >= 4 is 27.7 Å². The van der Waals surface area contributed by atoms with Crippen LogP contribution in [0.5, 0.6) is 0 Å². The highest BCUT2D eigenvalue weighted by Gasteiger charge is 1.90. The van der Waals surface area contributed by atoms with E-state index in [9.17, 15) is 0 Å². The van der Waals surface area contributed by atoms with Crippen LogP contribution >= 0.6 is 11.3 Å². The molecule has 0 aliphatic rings. The van der Waals surface area contributed by atoms with Gasteiger partial charge in [0.2, 0.25) is 0 Å². The van der Waals surface area contributed by atoms with E-state index >= 15 is 0 Å². The van der Waals surface area contributed by atoms with Crippen molar-refractivity contribution in [3.05, 3.63) is 22.4 Å². The summed E-state index contributed by atoms with van der Waals surface area (Å²) in [6, 6.07) is 4.10. The Morgan fingerprint density at radius 3 is 2.38 bits per heavy atom. The zero-order valence-electron chi connectivity index (χ0n) is 8.28. The van der Waals surface area contributed by atoms with Gasteiger partial charge in [0.05, 0.1) is 0 Å². The average molecular weight is 267 g/mol. The summed E-state index contributed by atoms with van der Waals surface area (Å²) in [4.78, 5) is 5.19. The van der Waals surface area contributed by atoms with Gasteiger partial charge in [-0.1, -0.05) is 6.07 Å². The Bertz CT molecular complexity index is 401. The summed E-state index contributed by atoms with van der Waals surface area (Å²) in [5, 5.41) is 2.05. The molecule has 1 rings (SSSR count). The molecule has 0 saturated heterocycles. The number of guanidine groups is 1. The zero-order valence-corrected chi connectivity index (χ0v) is 9.91. The molecule has 0 saturated carbocycles. The van der Waals surface area contributed by atoms with Crippen LogP contribution in [-0.4, -0.2) is 30.0 Å². The standard InChI is InChI=1S/C7H11N3S.H2O4S/c8-7(9)10-4-3-6-2-1-5-11-6;1-5(2,3)4/h1-2,5H,3-4H2,(H4,8,9,10);(H2,1,2,3,4). The van der Waals surface area contributed by atoms with E-state index in [2.05, 4.69) is 11.1 Å². The highest BCUT2D eigenvalue weighted by molar-refractivity contribution is 7.79. The van der Waals surface area contributed by atoms with Crippen molar-refractivity contribution in [2.45, 2.75) is 6.42 Å². The largest absolute Gasteiger partial charge is 0.394 e. The maximum atomic E-state index is 8.74. The van der Waals surface area contributed by atoms with E-state index in [1.807, 2.05) is 11.4 Å². The lowest BCUT2D eigenvalue weighted by atomic mass is 10.3. The van der Waals surface area contributed by atoms with Crippen molar-refractivity contribution in [3.8, 4) is 0 Å². The first kappa shape index (κ1) is 14.8. The van der Waals surface area contributed by atoms with E-state index in [4.69, 9.17) is 29.0 Å². The molecule has 1 aromatic rings. The molecule has 7 nitrogen and oxygen atoms in total. The molecule has 0 amide bonds. The van der Waals surface area contributed by atoms with Crippen LogP contribution in [0.4, 0.5) is 0 Å². The predicted molar refractivity (Wildman–Crippen MR) is 62.9 cm³/mol. The fourth-order valence-electron chi connectivity index (χ4n) is 0.750. The molecule has 0 unspecified atom stereocenters. The van der Waals surface area contributed by atoms with Crippen molar-refractivity contribution < 1.29 is 17.5 Å². The number of aliphatic imine (C=N–C) groups is 1. The molecule has 16 heavy (non-hydrogen) atoms. The number of hydrogen-bond donors (Lipinski definition) is 4. The molecule has 6 N–H and O–H groups in total. The minimum absolute atomic E-state index is 0.168. The second-order valence-electron chi connectivity index (χ2n) is 2.58. The highest BCUT2D eigenvalue weighted by Crippen LogP contribution is 2.08. The Balaban J connectivity index is 0.000000385. The molecule has 0 fully saturated rings. The van der Waals surface area contributed by atoms with E-state index in [1.165, 1.54) is 4.88 Å². The number of hydrogen-bond acceptors (Lipinski definition) is 4. The zero-order chi connectivity index (χ0) is 12.6. The summed E-state index contributed by atoms with van der Waals surface area (Å²) < 4.78 is 31.6. The first-order valence-electron chi connectivity index (χ1n) is 4.06. The van der Waals surface area contributed by atoms with Gasteiger partial charge in [0, 0.05) is 17.8 Å². The van der Waals surface area contributed by atoms with Gasteiger partial charge >= 0.3 is 10.4 Å². The van der Waals surface area contributed by atoms with E-state index in [0.717, 1.165) is 6.42 Å². The summed E-state index contributed by atoms with van der Waals surface area (Å²) in [6.07, 6.45) is 0.926. The average Bonchev–Trinajstić information content (AvgIpc) is 2.52. The molecule has 0 atom stereocenters. The third kappa shape index (κ3) is 12.8. The first-order valence-corrected chi connectivity index (χ1v) is 6.34. The van der Waals surface area contributed by atoms with E-state index in [1.54, 1.807) is 11.3 Å². The van der Waals surface area contributed by atoms with Crippen LogP contribution in [0.3, 0.4) is 0 Å². The topological polar surface area (TPSA) is 139 Å². The summed E-state index contributed by atoms with van der Waals surface area (Å²) in [7, 11) is -4.67. The minimum Gasteiger partial charge on any atom is -0.370 e. The molecule has 0 aromatic carbocycles. The molecule has 1 heterocycles. The summed E-state index contributed by atoms with van der Waals surface area (Å²) in [6.45, 7) is 0.683. The van der Waals surface area contributed by atoms with Gasteiger partial charge < -0.3 is 11.5 Å². The van der Waals surface area contributed by atoms with Gasteiger partial charge in [-0.25, -0.2) is 0 Å². The van der Waals surface area contributed by atoms with Crippen molar-refractivity contribution in [3.63, 3.8) is 0 Å². The molecule has 0 bridgehead atoms. The minimum atomic E-state index is -4.67. The Morgan fingerprint density at radius 2 is 2.00 bits per heavy atom. The lowest BCUT2D eigenvalue weighted by molar-refractivity contribution is 0.381. The van der Waals surface area contributed by atoms with Crippen LogP contribution in [0.15, 0.2) is 22.5 Å². The molecular weight excluding hydrogens is 254 g/mol. The van der Waals surface area contributed by atoms with Crippen LogP contribution < -0.4 is 11.5 Å². The predicted octanol–water partition coefficient (Wildman–Crippen LogP) is -0.0888. The second kappa shape index (κ2) is 7.17. The third-order valence-electron chi connectivity index (χ3n) is 1.23. The smallest absolute Gasteiger partial charge is 0.370 e. The van der Waals surface area contributed by atoms with Gasteiger partial charge in [-0.15, -0.1) is 11.3 Å². The highest BCUT2D eigenvalue weighted by atomic mass is 32.3. The number of thiophene rings is 1. The van der Waals surface area contributed by atoms with Crippen LogP contribution in [0, 0.1) is 0 Å². The van der Waals surface area contributed by atoms with Crippen molar-refractivity contribution in [2.24, 2.45) is 16.5 Å². The molecule has 0 aliphatic heterocycles. The first-order chi connectivity index (χ1) is 7.29. The Labute approximate surface area is 97.4 Å². The quantitative estimate of drug-likeness (QED) is 0.343. The van der Waals surface area contributed by atoms with Crippen LogP contribution in [0.2, 0.25) is 0 Å². The lowest BCUT2D eigenvalue weighted by Gasteiger charge is -1.92. The van der Waals surface area contributed by atoms with Gasteiger partial charge in [0.25, 0.3) is 0 Å². The molecule has 0 aliphatic carbocycles.